The molecule has 1 atom stereocenters. The number of nitrogens with two attached hydrogens (primary N) is 1. The summed E-state index contributed by atoms with van der Waals surface area (Å²) in [6.07, 6.45) is 2.30. The second-order valence-electron chi connectivity index (χ2n) is 5.48. The van der Waals surface area contributed by atoms with Crippen LogP contribution in [0.1, 0.15) is 19.8 Å². The van der Waals surface area contributed by atoms with E-state index in [1.54, 1.807) is 6.07 Å². The van der Waals surface area contributed by atoms with Crippen molar-refractivity contribution in [2.75, 3.05) is 44.4 Å². The van der Waals surface area contributed by atoms with E-state index in [1.165, 1.54) is 12.5 Å². The van der Waals surface area contributed by atoms with Gasteiger partial charge in [-0.2, -0.15) is 0 Å². The molecule has 0 amide bonds. The van der Waals surface area contributed by atoms with Crippen LogP contribution >= 0.6 is 0 Å². The third kappa shape index (κ3) is 3.15. The van der Waals surface area contributed by atoms with E-state index in [0.717, 1.165) is 25.2 Å². The Morgan fingerprint density at radius 3 is 2.85 bits per heavy atom. The SMILES string of the molecule is CCOc1cc(N2CCCC(N(C)C)C2)c(N)cc1F. The number of benzene rings is 1. The first-order chi connectivity index (χ1) is 9.52. The molecule has 0 bridgehead atoms. The van der Waals surface area contributed by atoms with Crippen molar-refractivity contribution in [2.24, 2.45) is 0 Å². The van der Waals surface area contributed by atoms with Crippen LogP contribution in [0.3, 0.4) is 0 Å². The molecule has 1 fully saturated rings. The van der Waals surface area contributed by atoms with Gasteiger partial charge in [0, 0.05) is 31.3 Å². The van der Waals surface area contributed by atoms with E-state index in [1.807, 2.05) is 6.92 Å². The third-order valence-corrected chi connectivity index (χ3v) is 3.85. The molecule has 2 rings (SSSR count). The molecule has 0 radical (unpaired) electrons. The van der Waals surface area contributed by atoms with Crippen LogP contribution < -0.4 is 15.4 Å². The van der Waals surface area contributed by atoms with Gasteiger partial charge in [-0.05, 0) is 33.9 Å². The second-order valence-corrected chi connectivity index (χ2v) is 5.48. The van der Waals surface area contributed by atoms with E-state index in [9.17, 15) is 4.39 Å². The van der Waals surface area contributed by atoms with Gasteiger partial charge in [-0.1, -0.05) is 0 Å². The molecule has 112 valence electrons. The Balaban J connectivity index is 2.24. The maximum atomic E-state index is 13.8. The van der Waals surface area contributed by atoms with Crippen LogP contribution in [-0.2, 0) is 0 Å². The summed E-state index contributed by atoms with van der Waals surface area (Å²) in [5.41, 5.74) is 7.34. The van der Waals surface area contributed by atoms with Crippen LogP contribution in [0.25, 0.3) is 0 Å². The molecule has 2 N–H and O–H groups in total. The average Bonchev–Trinajstić information content (AvgIpc) is 2.42. The first kappa shape index (κ1) is 14.9. The lowest BCUT2D eigenvalue weighted by atomic mass is 10.0. The van der Waals surface area contributed by atoms with Crippen molar-refractivity contribution in [1.82, 2.24) is 4.90 Å². The van der Waals surface area contributed by atoms with Crippen molar-refractivity contribution in [3.63, 3.8) is 0 Å². The summed E-state index contributed by atoms with van der Waals surface area (Å²) in [6, 6.07) is 3.59. The average molecular weight is 281 g/mol. The number of piperidine rings is 1. The zero-order valence-electron chi connectivity index (χ0n) is 12.5. The quantitative estimate of drug-likeness (QED) is 0.860. The van der Waals surface area contributed by atoms with Gasteiger partial charge in [0.1, 0.15) is 0 Å². The molecule has 1 aliphatic rings. The molecule has 1 aromatic rings. The lowest BCUT2D eigenvalue weighted by Gasteiger charge is -2.38. The first-order valence-corrected chi connectivity index (χ1v) is 7.16. The van der Waals surface area contributed by atoms with E-state index in [-0.39, 0.29) is 5.75 Å². The minimum Gasteiger partial charge on any atom is -0.491 e. The van der Waals surface area contributed by atoms with Gasteiger partial charge >= 0.3 is 0 Å². The molecule has 5 heteroatoms. The van der Waals surface area contributed by atoms with Crippen molar-refractivity contribution in [3.8, 4) is 5.75 Å². The summed E-state index contributed by atoms with van der Waals surface area (Å²) in [5, 5.41) is 0. The number of anilines is 2. The largest absolute Gasteiger partial charge is 0.491 e. The monoisotopic (exact) mass is 281 g/mol. The number of hydrogen-bond donors (Lipinski definition) is 1. The van der Waals surface area contributed by atoms with E-state index in [2.05, 4.69) is 23.9 Å². The van der Waals surface area contributed by atoms with Crippen molar-refractivity contribution in [3.05, 3.63) is 17.9 Å². The fourth-order valence-corrected chi connectivity index (χ4v) is 2.69. The summed E-state index contributed by atoms with van der Waals surface area (Å²) < 4.78 is 19.1. The number of nitrogen functional groups attached to an aromatic ring is 1. The minimum atomic E-state index is -0.394. The molecule has 0 spiro atoms. The number of halogens is 1. The third-order valence-electron chi connectivity index (χ3n) is 3.85. The van der Waals surface area contributed by atoms with E-state index < -0.39 is 5.82 Å². The van der Waals surface area contributed by atoms with Crippen molar-refractivity contribution >= 4 is 11.4 Å². The summed E-state index contributed by atoms with van der Waals surface area (Å²) >= 11 is 0. The summed E-state index contributed by atoms with van der Waals surface area (Å²) in [4.78, 5) is 4.46. The maximum Gasteiger partial charge on any atom is 0.167 e. The Bertz CT molecular complexity index is 465. The molecule has 0 saturated carbocycles. The van der Waals surface area contributed by atoms with Gasteiger partial charge in [0.25, 0.3) is 0 Å². The Morgan fingerprint density at radius 1 is 1.45 bits per heavy atom. The maximum absolute atomic E-state index is 13.8. The van der Waals surface area contributed by atoms with Gasteiger partial charge in [-0.3, -0.25) is 0 Å². The number of rotatable bonds is 4. The smallest absolute Gasteiger partial charge is 0.167 e. The Kier molecular flexibility index (Phi) is 4.70. The number of hydrogen-bond acceptors (Lipinski definition) is 4. The van der Waals surface area contributed by atoms with Gasteiger partial charge in [-0.25, -0.2) is 4.39 Å². The van der Waals surface area contributed by atoms with Crippen LogP contribution in [0.15, 0.2) is 12.1 Å². The molecular weight excluding hydrogens is 257 g/mol. The Hall–Kier alpha value is -1.49. The highest BCUT2D eigenvalue weighted by Crippen LogP contribution is 2.33. The zero-order chi connectivity index (χ0) is 14.7. The van der Waals surface area contributed by atoms with Gasteiger partial charge < -0.3 is 20.3 Å². The predicted octanol–water partition coefficient (Wildman–Crippen LogP) is 2.34. The van der Waals surface area contributed by atoms with Crippen LogP contribution in [0, 0.1) is 5.82 Å². The molecule has 4 nitrogen and oxygen atoms in total. The van der Waals surface area contributed by atoms with Gasteiger partial charge in [0.05, 0.1) is 18.0 Å². The van der Waals surface area contributed by atoms with Gasteiger partial charge in [0.2, 0.25) is 0 Å². The Morgan fingerprint density at radius 2 is 2.20 bits per heavy atom. The highest BCUT2D eigenvalue weighted by molar-refractivity contribution is 5.70. The van der Waals surface area contributed by atoms with E-state index in [0.29, 0.717) is 18.3 Å². The summed E-state index contributed by atoms with van der Waals surface area (Å²) in [6.45, 7) is 4.15. The molecule has 0 aliphatic carbocycles. The molecule has 20 heavy (non-hydrogen) atoms. The zero-order valence-corrected chi connectivity index (χ0v) is 12.5. The van der Waals surface area contributed by atoms with Crippen LogP contribution in [0.4, 0.5) is 15.8 Å². The van der Waals surface area contributed by atoms with Crippen LogP contribution in [-0.4, -0.2) is 44.7 Å². The summed E-state index contributed by atoms with van der Waals surface area (Å²) in [5.74, 6) is -0.113. The van der Waals surface area contributed by atoms with E-state index >= 15 is 0 Å². The topological polar surface area (TPSA) is 41.7 Å². The predicted molar refractivity (Wildman–Crippen MR) is 80.9 cm³/mol. The molecule has 1 heterocycles. The number of nitrogens with zero attached hydrogens (tertiary/aromatic N) is 2. The van der Waals surface area contributed by atoms with Gasteiger partial charge in [-0.15, -0.1) is 0 Å². The molecule has 1 saturated heterocycles. The highest BCUT2D eigenvalue weighted by atomic mass is 19.1. The second kappa shape index (κ2) is 6.31. The van der Waals surface area contributed by atoms with Crippen molar-refractivity contribution in [1.29, 1.82) is 0 Å². The highest BCUT2D eigenvalue weighted by Gasteiger charge is 2.23. The normalized spacial score (nSPS) is 19.4. The summed E-state index contributed by atoms with van der Waals surface area (Å²) in [7, 11) is 4.18. The van der Waals surface area contributed by atoms with Gasteiger partial charge in [0.15, 0.2) is 11.6 Å². The first-order valence-electron chi connectivity index (χ1n) is 7.16. The fraction of sp³-hybridized carbons (Fsp3) is 0.600. The minimum absolute atomic E-state index is 0.281. The van der Waals surface area contributed by atoms with Crippen LogP contribution in [0.5, 0.6) is 5.75 Å². The molecule has 0 aromatic heterocycles. The standard InChI is InChI=1S/C15H24FN3O/c1-4-20-15-9-14(13(17)8-12(15)16)19-7-5-6-11(10-19)18(2)3/h8-9,11H,4-7,10,17H2,1-3H3. The molecule has 1 aromatic carbocycles. The Labute approximate surface area is 120 Å². The van der Waals surface area contributed by atoms with Crippen molar-refractivity contribution < 1.29 is 9.13 Å². The lowest BCUT2D eigenvalue weighted by Crippen LogP contribution is -2.45. The number of likely N-dealkylation sites (N-methyl/N-ethyl adjacent to an activating group) is 1. The van der Waals surface area contributed by atoms with E-state index in [4.69, 9.17) is 10.5 Å². The molecular formula is C15H24FN3O. The lowest BCUT2D eigenvalue weighted by molar-refractivity contribution is 0.258. The fourth-order valence-electron chi connectivity index (χ4n) is 2.69. The number of ether oxygens (including phenoxy) is 1. The van der Waals surface area contributed by atoms with Crippen molar-refractivity contribution in [2.45, 2.75) is 25.8 Å². The molecule has 1 aliphatic heterocycles. The molecule has 1 unspecified atom stereocenters. The van der Waals surface area contributed by atoms with Crippen LogP contribution in [0.2, 0.25) is 0 Å².